The predicted octanol–water partition coefficient (Wildman–Crippen LogP) is 3.12. The van der Waals surface area contributed by atoms with Crippen LogP contribution in [0.15, 0.2) is 35.2 Å². The molecule has 1 aliphatic heterocycles. The van der Waals surface area contributed by atoms with Gasteiger partial charge in [0, 0.05) is 25.1 Å². The summed E-state index contributed by atoms with van der Waals surface area (Å²) in [7, 11) is -3.41. The Bertz CT molecular complexity index is 1110. The molecule has 2 aromatic heterocycles. The molecule has 4 rings (SSSR count). The number of halogens is 2. The number of fused-ring (bicyclic) bond motifs is 1. The van der Waals surface area contributed by atoms with Crippen molar-refractivity contribution in [1.29, 1.82) is 0 Å². The number of rotatable bonds is 3. The lowest BCUT2D eigenvalue weighted by atomic mass is 10.2. The number of sulfonamides is 1. The third kappa shape index (κ3) is 3.08. The number of hydrogen-bond donors (Lipinski definition) is 1. The first-order chi connectivity index (χ1) is 12.5. The van der Waals surface area contributed by atoms with Gasteiger partial charge in [0.2, 0.25) is 15.3 Å². The molecule has 3 aromatic rings. The normalized spacial score (nSPS) is 16.2. The lowest BCUT2D eigenvalue weighted by Gasteiger charge is -2.22. The molecule has 134 valence electrons. The van der Waals surface area contributed by atoms with Gasteiger partial charge in [-0.25, -0.2) is 13.4 Å². The zero-order chi connectivity index (χ0) is 18.3. The summed E-state index contributed by atoms with van der Waals surface area (Å²) in [5.74, 6) is 0.526. The van der Waals surface area contributed by atoms with Gasteiger partial charge in [0.25, 0.3) is 0 Å². The zero-order valence-electron chi connectivity index (χ0n) is 13.2. The fourth-order valence-electron chi connectivity index (χ4n) is 2.83. The second-order valence-electron chi connectivity index (χ2n) is 5.59. The minimum Gasteiger partial charge on any atom is -0.337 e. The van der Waals surface area contributed by atoms with E-state index in [4.69, 9.17) is 11.6 Å². The lowest BCUT2D eigenvalue weighted by molar-refractivity contribution is 0.599. The molecule has 1 N–H and O–H groups in total. The van der Waals surface area contributed by atoms with Crippen LogP contribution in [0.4, 0.5) is 17.2 Å². The number of nitrogens with one attached hydrogen (secondary N) is 1. The zero-order valence-corrected chi connectivity index (χ0v) is 16.4. The molecule has 1 aliphatic rings. The van der Waals surface area contributed by atoms with Crippen LogP contribution in [0.3, 0.4) is 0 Å². The van der Waals surface area contributed by atoms with Gasteiger partial charge in [0.15, 0.2) is 0 Å². The van der Waals surface area contributed by atoms with E-state index in [0.717, 1.165) is 0 Å². The van der Waals surface area contributed by atoms with Crippen molar-refractivity contribution in [2.24, 2.45) is 0 Å². The summed E-state index contributed by atoms with van der Waals surface area (Å²) >= 11 is 9.24. The number of aromatic nitrogens is 4. The van der Waals surface area contributed by atoms with Gasteiger partial charge in [-0.1, -0.05) is 0 Å². The molecule has 0 aliphatic carbocycles. The average Bonchev–Trinajstić information content (AvgIpc) is 2.97. The second kappa shape index (κ2) is 6.60. The molecule has 0 radical (unpaired) electrons. The van der Waals surface area contributed by atoms with E-state index in [9.17, 15) is 8.42 Å². The summed E-state index contributed by atoms with van der Waals surface area (Å²) in [6.45, 7) is 0.387. The smallest absolute Gasteiger partial charge is 0.235 e. The van der Waals surface area contributed by atoms with Crippen molar-refractivity contribution in [3.63, 3.8) is 0 Å². The van der Waals surface area contributed by atoms with Crippen LogP contribution >= 0.6 is 27.5 Å². The van der Waals surface area contributed by atoms with E-state index in [2.05, 4.69) is 41.2 Å². The van der Waals surface area contributed by atoms with Crippen molar-refractivity contribution in [3.05, 3.63) is 40.5 Å². The van der Waals surface area contributed by atoms with Crippen LogP contribution in [0.25, 0.3) is 11.0 Å². The van der Waals surface area contributed by atoms with Gasteiger partial charge in [0.05, 0.1) is 21.4 Å². The highest BCUT2D eigenvalue weighted by Gasteiger charge is 2.32. The number of benzene rings is 1. The molecule has 0 spiro atoms. The lowest BCUT2D eigenvalue weighted by Crippen LogP contribution is -2.26. The Balaban J connectivity index is 1.92. The summed E-state index contributed by atoms with van der Waals surface area (Å²) in [5, 5.41) is 3.21. The highest BCUT2D eigenvalue weighted by Crippen LogP contribution is 2.38. The SMILES string of the molecule is O=S1(=O)CCCN1c1c(Nc2nc(Cl)ncc2Br)ccc2nccnc12. The molecule has 0 unspecified atom stereocenters. The van der Waals surface area contributed by atoms with Crippen molar-refractivity contribution in [1.82, 2.24) is 19.9 Å². The summed E-state index contributed by atoms with van der Waals surface area (Å²) in [4.78, 5) is 16.7. The largest absolute Gasteiger partial charge is 0.337 e. The molecule has 1 fully saturated rings. The summed E-state index contributed by atoms with van der Waals surface area (Å²) in [5.41, 5.74) is 2.10. The van der Waals surface area contributed by atoms with Crippen LogP contribution in [-0.2, 0) is 10.0 Å². The van der Waals surface area contributed by atoms with Crippen molar-refractivity contribution >= 4 is 65.8 Å². The van der Waals surface area contributed by atoms with E-state index in [-0.39, 0.29) is 11.0 Å². The van der Waals surface area contributed by atoms with Gasteiger partial charge in [-0.3, -0.25) is 14.3 Å². The highest BCUT2D eigenvalue weighted by molar-refractivity contribution is 9.10. The van der Waals surface area contributed by atoms with Crippen molar-refractivity contribution in [3.8, 4) is 0 Å². The Morgan fingerprint density at radius 2 is 2.00 bits per heavy atom. The predicted molar refractivity (Wildman–Crippen MR) is 103 cm³/mol. The molecular formula is C15H12BrClN6O2S. The topological polar surface area (TPSA) is 101 Å². The molecule has 8 nitrogen and oxygen atoms in total. The first-order valence-corrected chi connectivity index (χ1v) is 10.4. The van der Waals surface area contributed by atoms with E-state index in [0.29, 0.717) is 45.7 Å². The first-order valence-electron chi connectivity index (χ1n) is 7.65. The number of anilines is 3. The Kier molecular flexibility index (Phi) is 4.41. The van der Waals surface area contributed by atoms with E-state index in [1.807, 2.05) is 0 Å². The van der Waals surface area contributed by atoms with Gasteiger partial charge in [-0.05, 0) is 46.1 Å². The van der Waals surface area contributed by atoms with Gasteiger partial charge in [-0.15, -0.1) is 0 Å². The van der Waals surface area contributed by atoms with Gasteiger partial charge in [0.1, 0.15) is 17.0 Å². The highest BCUT2D eigenvalue weighted by atomic mass is 79.9. The molecule has 0 amide bonds. The van der Waals surface area contributed by atoms with Gasteiger partial charge >= 0.3 is 0 Å². The van der Waals surface area contributed by atoms with E-state index < -0.39 is 10.0 Å². The van der Waals surface area contributed by atoms with Crippen molar-refractivity contribution < 1.29 is 8.42 Å². The molecule has 1 saturated heterocycles. The first kappa shape index (κ1) is 17.4. The quantitative estimate of drug-likeness (QED) is 0.605. The maximum atomic E-state index is 12.5. The average molecular weight is 456 g/mol. The summed E-state index contributed by atoms with van der Waals surface area (Å²) in [6.07, 6.45) is 5.18. The van der Waals surface area contributed by atoms with Crippen LogP contribution in [0, 0.1) is 0 Å². The molecule has 3 heterocycles. The molecular weight excluding hydrogens is 444 g/mol. The fourth-order valence-corrected chi connectivity index (χ4v) is 4.83. The molecule has 11 heteroatoms. The van der Waals surface area contributed by atoms with Crippen molar-refractivity contribution in [2.75, 3.05) is 21.9 Å². The minimum atomic E-state index is -3.41. The van der Waals surface area contributed by atoms with Crippen LogP contribution in [0.2, 0.25) is 5.28 Å². The minimum absolute atomic E-state index is 0.0756. The third-order valence-electron chi connectivity index (χ3n) is 3.93. The van der Waals surface area contributed by atoms with E-state index >= 15 is 0 Å². The standard InChI is InChI=1S/C15H12BrClN6O2S/c16-9-8-20-15(17)22-14(9)21-11-3-2-10-12(19-5-4-18-10)13(11)23-6-1-7-26(23,24)25/h2-5,8H,1,6-7H2,(H,20,21,22). The van der Waals surface area contributed by atoms with E-state index in [1.165, 1.54) is 16.7 Å². The van der Waals surface area contributed by atoms with Gasteiger partial charge < -0.3 is 5.32 Å². The summed E-state index contributed by atoms with van der Waals surface area (Å²) < 4.78 is 27.0. The Labute approximate surface area is 162 Å². The maximum Gasteiger partial charge on any atom is 0.235 e. The van der Waals surface area contributed by atoms with Crippen LogP contribution < -0.4 is 9.62 Å². The van der Waals surface area contributed by atoms with Crippen molar-refractivity contribution in [2.45, 2.75) is 6.42 Å². The molecule has 1 aromatic carbocycles. The third-order valence-corrected chi connectivity index (χ3v) is 6.53. The fraction of sp³-hybridized carbons (Fsp3) is 0.200. The van der Waals surface area contributed by atoms with Gasteiger partial charge in [-0.2, -0.15) is 4.98 Å². The second-order valence-corrected chi connectivity index (χ2v) is 8.79. The molecule has 26 heavy (non-hydrogen) atoms. The molecule has 0 bridgehead atoms. The number of hydrogen-bond acceptors (Lipinski definition) is 7. The Hall–Kier alpha value is -2.04. The van der Waals surface area contributed by atoms with Crippen LogP contribution in [0.1, 0.15) is 6.42 Å². The van der Waals surface area contributed by atoms with Crippen LogP contribution in [0.5, 0.6) is 0 Å². The monoisotopic (exact) mass is 454 g/mol. The maximum absolute atomic E-state index is 12.5. The van der Waals surface area contributed by atoms with Crippen LogP contribution in [-0.4, -0.2) is 40.7 Å². The van der Waals surface area contributed by atoms with E-state index in [1.54, 1.807) is 18.3 Å². The summed E-state index contributed by atoms with van der Waals surface area (Å²) in [6, 6.07) is 3.52. The molecule has 0 atom stereocenters. The Morgan fingerprint density at radius 3 is 2.77 bits per heavy atom. The molecule has 0 saturated carbocycles. The Morgan fingerprint density at radius 1 is 1.19 bits per heavy atom. The number of nitrogens with zero attached hydrogens (tertiary/aromatic N) is 5.